The van der Waals surface area contributed by atoms with E-state index in [0.717, 1.165) is 17.4 Å². The van der Waals surface area contributed by atoms with E-state index in [9.17, 15) is 4.79 Å². The van der Waals surface area contributed by atoms with E-state index in [4.69, 9.17) is 15.2 Å². The van der Waals surface area contributed by atoms with Crippen molar-refractivity contribution in [1.82, 2.24) is 14.5 Å². The molecular formula is C21H24N4O3. The lowest BCUT2D eigenvalue weighted by molar-refractivity contribution is -0.0467. The molecule has 2 N–H and O–H groups in total. The van der Waals surface area contributed by atoms with Gasteiger partial charge in [-0.2, -0.15) is 0 Å². The molecule has 3 aromatic rings. The minimum Gasteiger partial charge on any atom is -0.454 e. The van der Waals surface area contributed by atoms with Gasteiger partial charge in [0.15, 0.2) is 12.3 Å². The highest BCUT2D eigenvalue weighted by Crippen LogP contribution is 2.40. The Kier molecular flexibility index (Phi) is 4.77. The summed E-state index contributed by atoms with van der Waals surface area (Å²) in [4.78, 5) is 21.2. The number of fused-ring (bicyclic) bond motifs is 1. The third-order valence-corrected chi connectivity index (χ3v) is 5.46. The largest absolute Gasteiger partial charge is 0.454 e. The quantitative estimate of drug-likeness (QED) is 0.697. The van der Waals surface area contributed by atoms with Gasteiger partial charge in [-0.25, -0.2) is 14.8 Å². The van der Waals surface area contributed by atoms with E-state index in [-0.39, 0.29) is 18.0 Å². The van der Waals surface area contributed by atoms with Crippen molar-refractivity contribution in [2.45, 2.75) is 45.6 Å². The van der Waals surface area contributed by atoms with Crippen molar-refractivity contribution in [3.63, 3.8) is 0 Å². The molecule has 0 unspecified atom stereocenters. The SMILES string of the molecule is CC[C@H]1O[C@@H](n2cc(C)c3c(N)ncnc32)[C@H](OC(=O)c2ccccc2)[C@@H]1C. The molecule has 1 fully saturated rings. The lowest BCUT2D eigenvalue weighted by Gasteiger charge is -2.23. The zero-order valence-corrected chi connectivity index (χ0v) is 16.2. The minimum absolute atomic E-state index is 0.0180. The number of ether oxygens (including phenoxy) is 2. The summed E-state index contributed by atoms with van der Waals surface area (Å²) in [5, 5.41) is 0.798. The number of aromatic nitrogens is 3. The maximum atomic E-state index is 12.7. The van der Waals surface area contributed by atoms with Gasteiger partial charge < -0.3 is 19.8 Å². The van der Waals surface area contributed by atoms with E-state index < -0.39 is 12.3 Å². The van der Waals surface area contributed by atoms with Crippen LogP contribution in [0.2, 0.25) is 0 Å². The molecule has 28 heavy (non-hydrogen) atoms. The van der Waals surface area contributed by atoms with E-state index in [0.29, 0.717) is 17.0 Å². The smallest absolute Gasteiger partial charge is 0.338 e. The number of rotatable bonds is 4. The van der Waals surface area contributed by atoms with E-state index in [1.165, 1.54) is 6.33 Å². The second-order valence-corrected chi connectivity index (χ2v) is 7.25. The summed E-state index contributed by atoms with van der Waals surface area (Å²) in [5.74, 6) is 0.113. The number of nitrogens with zero attached hydrogens (tertiary/aromatic N) is 3. The van der Waals surface area contributed by atoms with Gasteiger partial charge in [0.1, 0.15) is 17.8 Å². The minimum atomic E-state index is -0.474. The number of nitrogens with two attached hydrogens (primary N) is 1. The Balaban J connectivity index is 1.72. The van der Waals surface area contributed by atoms with Crippen molar-refractivity contribution in [2.75, 3.05) is 5.73 Å². The van der Waals surface area contributed by atoms with E-state index in [1.807, 2.05) is 35.9 Å². The summed E-state index contributed by atoms with van der Waals surface area (Å²) in [7, 11) is 0. The molecule has 4 atom stereocenters. The van der Waals surface area contributed by atoms with Crippen molar-refractivity contribution in [3.05, 3.63) is 54.0 Å². The first-order valence-electron chi connectivity index (χ1n) is 9.50. The van der Waals surface area contributed by atoms with Crippen LogP contribution >= 0.6 is 0 Å². The molecule has 1 saturated heterocycles. The van der Waals surface area contributed by atoms with Gasteiger partial charge in [0.2, 0.25) is 0 Å². The van der Waals surface area contributed by atoms with Crippen LogP contribution < -0.4 is 5.73 Å². The number of benzene rings is 1. The van der Waals surface area contributed by atoms with Crippen molar-refractivity contribution < 1.29 is 14.3 Å². The van der Waals surface area contributed by atoms with Crippen LogP contribution in [0.15, 0.2) is 42.9 Å². The molecule has 0 saturated carbocycles. The van der Waals surface area contributed by atoms with Crippen LogP contribution in [0.25, 0.3) is 11.0 Å². The number of carbonyl (C=O) groups is 1. The first kappa shape index (κ1) is 18.4. The number of aryl methyl sites for hydroxylation is 1. The van der Waals surface area contributed by atoms with Crippen LogP contribution in [0.1, 0.15) is 42.4 Å². The van der Waals surface area contributed by atoms with Crippen LogP contribution in [0.5, 0.6) is 0 Å². The highest BCUT2D eigenvalue weighted by molar-refractivity contribution is 5.90. The fourth-order valence-corrected chi connectivity index (χ4v) is 3.97. The van der Waals surface area contributed by atoms with Gasteiger partial charge >= 0.3 is 5.97 Å². The average molecular weight is 380 g/mol. The molecule has 7 heteroatoms. The van der Waals surface area contributed by atoms with E-state index in [1.54, 1.807) is 12.1 Å². The highest BCUT2D eigenvalue weighted by Gasteiger charge is 2.45. The molecule has 4 rings (SSSR count). The normalized spacial score (nSPS) is 24.5. The molecule has 1 aliphatic heterocycles. The maximum Gasteiger partial charge on any atom is 0.338 e. The number of esters is 1. The third kappa shape index (κ3) is 3.01. The molecule has 3 heterocycles. The summed E-state index contributed by atoms with van der Waals surface area (Å²) in [6, 6.07) is 9.00. The Bertz CT molecular complexity index is 1000. The molecule has 146 valence electrons. The molecule has 1 aromatic carbocycles. The number of anilines is 1. The molecule has 0 radical (unpaired) electrons. The summed E-state index contributed by atoms with van der Waals surface area (Å²) >= 11 is 0. The number of hydrogen-bond acceptors (Lipinski definition) is 6. The second kappa shape index (κ2) is 7.24. The number of nitrogen functional groups attached to an aromatic ring is 1. The van der Waals surface area contributed by atoms with Crippen molar-refractivity contribution in [1.29, 1.82) is 0 Å². The van der Waals surface area contributed by atoms with Gasteiger partial charge in [-0.05, 0) is 31.0 Å². The van der Waals surface area contributed by atoms with Crippen LogP contribution in [-0.4, -0.2) is 32.7 Å². The highest BCUT2D eigenvalue weighted by atomic mass is 16.6. The third-order valence-electron chi connectivity index (χ3n) is 5.46. The van der Waals surface area contributed by atoms with Crippen LogP contribution in [-0.2, 0) is 9.47 Å². The van der Waals surface area contributed by atoms with Crippen molar-refractivity contribution in [3.8, 4) is 0 Å². The predicted octanol–water partition coefficient (Wildman–Crippen LogP) is 3.49. The van der Waals surface area contributed by atoms with Gasteiger partial charge in [0, 0.05) is 12.1 Å². The molecule has 0 bridgehead atoms. The first-order chi connectivity index (χ1) is 13.5. The Morgan fingerprint density at radius 3 is 2.75 bits per heavy atom. The van der Waals surface area contributed by atoms with Crippen LogP contribution in [0, 0.1) is 12.8 Å². The summed E-state index contributed by atoms with van der Waals surface area (Å²) in [6.45, 7) is 6.08. The van der Waals surface area contributed by atoms with Gasteiger partial charge in [-0.3, -0.25) is 0 Å². The molecule has 0 aliphatic carbocycles. The Labute approximate surface area is 163 Å². The zero-order valence-electron chi connectivity index (χ0n) is 16.2. The van der Waals surface area contributed by atoms with Gasteiger partial charge in [-0.15, -0.1) is 0 Å². The Morgan fingerprint density at radius 1 is 1.29 bits per heavy atom. The molecule has 1 aliphatic rings. The molecule has 0 spiro atoms. The molecular weight excluding hydrogens is 356 g/mol. The van der Waals surface area contributed by atoms with Gasteiger partial charge in [-0.1, -0.05) is 32.0 Å². The summed E-state index contributed by atoms with van der Waals surface area (Å²) in [6.07, 6.45) is 3.27. The topological polar surface area (TPSA) is 92.3 Å². The van der Waals surface area contributed by atoms with Gasteiger partial charge in [0.25, 0.3) is 0 Å². The standard InChI is InChI=1S/C21H24N4O3/c1-4-15-13(3)17(28-21(26)14-8-6-5-7-9-14)20(27-15)25-10-12(2)16-18(22)23-11-24-19(16)25/h5-11,13,15,17,20H,4H2,1-3H3,(H2,22,23,24)/t13-,15-,17-,20-/m1/s1. The molecule has 2 aromatic heterocycles. The van der Waals surface area contributed by atoms with Crippen LogP contribution in [0.4, 0.5) is 5.82 Å². The summed E-state index contributed by atoms with van der Waals surface area (Å²) in [5.41, 5.74) is 8.21. The van der Waals surface area contributed by atoms with E-state index >= 15 is 0 Å². The number of hydrogen-bond donors (Lipinski definition) is 1. The van der Waals surface area contributed by atoms with Gasteiger partial charge in [0.05, 0.1) is 17.1 Å². The fraction of sp³-hybridized carbons (Fsp3) is 0.381. The summed E-state index contributed by atoms with van der Waals surface area (Å²) < 4.78 is 14.2. The Hall–Kier alpha value is -2.93. The average Bonchev–Trinajstić information content (AvgIpc) is 3.20. The first-order valence-corrected chi connectivity index (χ1v) is 9.50. The molecule has 7 nitrogen and oxygen atoms in total. The second-order valence-electron chi connectivity index (χ2n) is 7.25. The molecule has 0 amide bonds. The zero-order chi connectivity index (χ0) is 19.8. The van der Waals surface area contributed by atoms with E-state index in [2.05, 4.69) is 23.8 Å². The Morgan fingerprint density at radius 2 is 2.04 bits per heavy atom. The lowest BCUT2D eigenvalue weighted by atomic mass is 9.98. The van der Waals surface area contributed by atoms with Crippen molar-refractivity contribution >= 4 is 22.8 Å². The monoisotopic (exact) mass is 380 g/mol. The lowest BCUT2D eigenvalue weighted by Crippen LogP contribution is -2.30. The number of carbonyl (C=O) groups excluding carboxylic acids is 1. The fourth-order valence-electron chi connectivity index (χ4n) is 3.97. The predicted molar refractivity (Wildman–Crippen MR) is 106 cm³/mol. The maximum absolute atomic E-state index is 12.7. The van der Waals surface area contributed by atoms with Crippen LogP contribution in [0.3, 0.4) is 0 Å². The van der Waals surface area contributed by atoms with Crippen molar-refractivity contribution in [2.24, 2.45) is 5.92 Å².